The summed E-state index contributed by atoms with van der Waals surface area (Å²) in [6, 6.07) is 4.25. The van der Waals surface area contributed by atoms with Gasteiger partial charge in [-0.3, -0.25) is 24.0 Å². The largest absolute Gasteiger partial charge is 0.444 e. The van der Waals surface area contributed by atoms with Crippen molar-refractivity contribution in [2.24, 2.45) is 5.41 Å². The highest BCUT2D eigenvalue weighted by atomic mass is 16.6. The molecular weight excluding hydrogens is 698 g/mol. The number of urea groups is 1. The molecule has 1 aliphatic heterocycles. The molecule has 2 rings (SSSR count). The van der Waals surface area contributed by atoms with Gasteiger partial charge < -0.3 is 35.6 Å². The van der Waals surface area contributed by atoms with Crippen LogP contribution in [-0.4, -0.2) is 113 Å². The minimum absolute atomic E-state index is 0.0546. The van der Waals surface area contributed by atoms with E-state index in [9.17, 15) is 33.6 Å². The maximum Gasteiger partial charge on any atom is 0.408 e. The molecular formula is C38H61N7O9. The Morgan fingerprint density at radius 2 is 1.48 bits per heavy atom. The molecule has 1 aromatic carbocycles. The number of likely N-dealkylation sites (N-methyl/N-ethyl adjacent to an activating group) is 1. The zero-order valence-electron chi connectivity index (χ0n) is 34.0. The van der Waals surface area contributed by atoms with Gasteiger partial charge in [-0.15, -0.1) is 0 Å². The van der Waals surface area contributed by atoms with Gasteiger partial charge in [0.05, 0.1) is 18.2 Å². The van der Waals surface area contributed by atoms with E-state index in [0.29, 0.717) is 18.4 Å². The maximum atomic E-state index is 14.2. The number of hydrogen-bond acceptors (Lipinski definition) is 9. The predicted octanol–water partition coefficient (Wildman–Crippen LogP) is 3.42. The normalized spacial score (nSPS) is 16.4. The Morgan fingerprint density at radius 3 is 2.00 bits per heavy atom. The molecule has 0 aromatic heterocycles. The Morgan fingerprint density at radius 1 is 0.870 bits per heavy atom. The van der Waals surface area contributed by atoms with Gasteiger partial charge in [0.1, 0.15) is 17.7 Å². The monoisotopic (exact) mass is 759 g/mol. The summed E-state index contributed by atoms with van der Waals surface area (Å²) in [6.07, 6.45) is -0.324. The molecule has 7 amide bonds. The Hall–Kier alpha value is -4.73. The highest BCUT2D eigenvalue weighted by Crippen LogP contribution is 2.29. The molecule has 1 heterocycles. The molecule has 1 saturated heterocycles. The summed E-state index contributed by atoms with van der Waals surface area (Å²) < 4.78 is 11.6. The van der Waals surface area contributed by atoms with E-state index in [-0.39, 0.29) is 19.4 Å². The first-order valence-corrected chi connectivity index (χ1v) is 18.3. The van der Waals surface area contributed by atoms with Crippen LogP contribution in [0.4, 0.5) is 9.59 Å². The van der Waals surface area contributed by atoms with Crippen molar-refractivity contribution in [2.45, 2.75) is 130 Å². The lowest BCUT2D eigenvalue weighted by molar-refractivity contribution is -0.167. The number of unbranched alkanes of at least 4 members (excludes halogenated alkanes) is 1. The number of rotatable bonds is 14. The van der Waals surface area contributed by atoms with Crippen molar-refractivity contribution in [1.29, 1.82) is 0 Å². The van der Waals surface area contributed by atoms with Crippen molar-refractivity contribution in [1.82, 2.24) is 36.2 Å². The quantitative estimate of drug-likeness (QED) is 0.206. The number of carbonyl (C=O) groups is 7. The van der Waals surface area contributed by atoms with E-state index in [1.165, 1.54) is 9.91 Å². The van der Waals surface area contributed by atoms with Gasteiger partial charge in [0, 0.05) is 27.1 Å². The molecule has 0 aliphatic carbocycles. The number of amides is 7. The maximum absolute atomic E-state index is 14.2. The summed E-state index contributed by atoms with van der Waals surface area (Å²) in [6.45, 7) is 17.1. The molecule has 0 saturated carbocycles. The van der Waals surface area contributed by atoms with E-state index in [0.717, 1.165) is 5.01 Å². The molecule has 16 nitrogen and oxygen atoms in total. The first-order chi connectivity index (χ1) is 24.9. The highest BCUT2D eigenvalue weighted by molar-refractivity contribution is 6.38. The number of benzene rings is 1. The second-order valence-corrected chi connectivity index (χ2v) is 16.6. The average Bonchev–Trinajstić information content (AvgIpc) is 3.46. The molecule has 0 spiro atoms. The van der Waals surface area contributed by atoms with E-state index in [1.54, 1.807) is 107 Å². The van der Waals surface area contributed by atoms with E-state index < -0.39 is 89.1 Å². The molecule has 1 aliphatic rings. The van der Waals surface area contributed by atoms with Gasteiger partial charge in [0.2, 0.25) is 17.6 Å². The molecule has 1 unspecified atom stereocenters. The van der Waals surface area contributed by atoms with Gasteiger partial charge in [0.25, 0.3) is 11.8 Å². The number of Topliss-reactive ketones (excluding diaryl/α,β-unsaturated/α-hetero) is 1. The number of ketones is 1. The number of hydrogen-bond donors (Lipinski definition) is 4. The third-order valence-electron chi connectivity index (χ3n) is 8.07. The topological polar surface area (TPSA) is 196 Å². The number of hydrazine groups is 1. The van der Waals surface area contributed by atoms with Gasteiger partial charge in [-0.25, -0.2) is 19.6 Å². The van der Waals surface area contributed by atoms with Crippen LogP contribution >= 0.6 is 0 Å². The smallest absolute Gasteiger partial charge is 0.408 e. The van der Waals surface area contributed by atoms with Crippen molar-refractivity contribution in [3.8, 4) is 0 Å². The second kappa shape index (κ2) is 19.0. The summed E-state index contributed by atoms with van der Waals surface area (Å²) in [7, 11) is 3.10. The third-order valence-corrected chi connectivity index (χ3v) is 8.07. The Balaban J connectivity index is 2.31. The van der Waals surface area contributed by atoms with E-state index in [1.807, 2.05) is 6.92 Å². The minimum Gasteiger partial charge on any atom is -0.444 e. The van der Waals surface area contributed by atoms with Gasteiger partial charge in [0.15, 0.2) is 6.23 Å². The number of nitrogens with zero attached hydrogens (tertiary/aromatic N) is 3. The lowest BCUT2D eigenvalue weighted by Crippen LogP contribution is -2.62. The summed E-state index contributed by atoms with van der Waals surface area (Å²) in [4.78, 5) is 94.9. The van der Waals surface area contributed by atoms with Crippen LogP contribution in [0.1, 0.15) is 107 Å². The van der Waals surface area contributed by atoms with Crippen molar-refractivity contribution in [2.75, 3.05) is 27.2 Å². The molecule has 1 fully saturated rings. The fourth-order valence-corrected chi connectivity index (χ4v) is 5.52. The second-order valence-electron chi connectivity index (χ2n) is 16.6. The lowest BCUT2D eigenvalue weighted by Gasteiger charge is -2.39. The first kappa shape index (κ1) is 45.4. The van der Waals surface area contributed by atoms with Crippen molar-refractivity contribution in [3.63, 3.8) is 0 Å². The Bertz CT molecular complexity index is 1500. The van der Waals surface area contributed by atoms with E-state index >= 15 is 0 Å². The third kappa shape index (κ3) is 13.9. The van der Waals surface area contributed by atoms with Crippen LogP contribution in [0.15, 0.2) is 30.3 Å². The van der Waals surface area contributed by atoms with Crippen LogP contribution < -0.4 is 21.3 Å². The van der Waals surface area contributed by atoms with Crippen LogP contribution in [0.3, 0.4) is 0 Å². The molecule has 4 N–H and O–H groups in total. The fourth-order valence-electron chi connectivity index (χ4n) is 5.52. The Labute approximate surface area is 319 Å². The Kier molecular flexibility index (Phi) is 16.0. The minimum atomic E-state index is -1.32. The van der Waals surface area contributed by atoms with Crippen LogP contribution in [0.2, 0.25) is 0 Å². The number of carbonyl (C=O) groups excluding carboxylic acids is 7. The van der Waals surface area contributed by atoms with Crippen molar-refractivity contribution >= 4 is 41.5 Å². The highest BCUT2D eigenvalue weighted by Gasteiger charge is 2.47. The molecule has 0 bridgehead atoms. The summed E-state index contributed by atoms with van der Waals surface area (Å²) in [5, 5.41) is 12.5. The zero-order valence-corrected chi connectivity index (χ0v) is 34.0. The molecule has 54 heavy (non-hydrogen) atoms. The molecule has 16 heteroatoms. The summed E-state index contributed by atoms with van der Waals surface area (Å²) in [5.74, 6) is -3.83. The number of alkyl carbamates (subject to hydrolysis) is 1. The van der Waals surface area contributed by atoms with Crippen LogP contribution in [0.5, 0.6) is 0 Å². The number of nitrogens with one attached hydrogen (secondary N) is 4. The van der Waals surface area contributed by atoms with E-state index in [4.69, 9.17) is 9.47 Å². The van der Waals surface area contributed by atoms with Gasteiger partial charge in [-0.2, -0.15) is 0 Å². The van der Waals surface area contributed by atoms with Gasteiger partial charge in [-0.05, 0) is 58.9 Å². The average molecular weight is 760 g/mol. The molecule has 0 radical (unpaired) electrons. The molecule has 302 valence electrons. The van der Waals surface area contributed by atoms with Crippen LogP contribution in [-0.2, 0) is 33.4 Å². The number of ether oxygens (including phenoxy) is 2. The van der Waals surface area contributed by atoms with Crippen LogP contribution in [0.25, 0.3) is 0 Å². The molecule has 1 aromatic rings. The summed E-state index contributed by atoms with van der Waals surface area (Å²) >= 11 is 0. The SMILES string of the molecule is CCCC[C@@H](NC(=O)N1[C@@H](OC(C)(C)C)CCN1C(=O)[C@@H](NC(=O)OC(C)(C)C)C(C)(C)C)C(=O)C(=O)NCC(=O)NC(C(=O)N(C)C)c1ccccc1. The lowest BCUT2D eigenvalue weighted by atomic mass is 9.86. The standard InChI is InChI=1S/C38H61N7O9/c1-13-14-20-25(29(47)31(48)39-23-26(46)41-28(32(49)43(11)12)24-18-16-15-17-19-24)40-34(51)45-27(53-37(5,6)7)21-22-44(45)33(50)30(36(2,3)4)42-35(52)54-38(8,9)10/h15-19,25,27-28,30H,13-14,20-23H2,1-12H3,(H,39,48)(H,40,51)(H,41,46)(H,42,52)/t25-,27+,28?,30-/m1/s1. The van der Waals surface area contributed by atoms with Gasteiger partial charge >= 0.3 is 12.1 Å². The predicted molar refractivity (Wildman–Crippen MR) is 201 cm³/mol. The van der Waals surface area contributed by atoms with Gasteiger partial charge in [-0.1, -0.05) is 70.9 Å². The fraction of sp³-hybridized carbons (Fsp3) is 0.658. The van der Waals surface area contributed by atoms with Crippen LogP contribution in [0, 0.1) is 5.41 Å². The first-order valence-electron chi connectivity index (χ1n) is 18.3. The van der Waals surface area contributed by atoms with Crippen molar-refractivity contribution in [3.05, 3.63) is 35.9 Å². The van der Waals surface area contributed by atoms with E-state index in [2.05, 4.69) is 21.3 Å². The molecule has 4 atom stereocenters. The van der Waals surface area contributed by atoms with Crippen molar-refractivity contribution < 1.29 is 43.0 Å². The summed E-state index contributed by atoms with van der Waals surface area (Å²) in [5.41, 5.74) is -1.85. The zero-order chi connectivity index (χ0) is 41.2.